The van der Waals surface area contributed by atoms with E-state index in [0.717, 1.165) is 41.8 Å². The summed E-state index contributed by atoms with van der Waals surface area (Å²) in [6.45, 7) is 2.24. The second-order valence-corrected chi connectivity index (χ2v) is 7.31. The van der Waals surface area contributed by atoms with Gasteiger partial charge in [-0.15, -0.1) is 11.3 Å². The summed E-state index contributed by atoms with van der Waals surface area (Å²) in [6, 6.07) is 12.3. The Bertz CT molecular complexity index is 743. The summed E-state index contributed by atoms with van der Waals surface area (Å²) in [5.74, 6) is 0.645. The van der Waals surface area contributed by atoms with E-state index < -0.39 is 0 Å². The highest BCUT2D eigenvalue weighted by molar-refractivity contribution is 7.16. The molecule has 0 aliphatic heterocycles. The zero-order valence-corrected chi connectivity index (χ0v) is 14.1. The van der Waals surface area contributed by atoms with Crippen molar-refractivity contribution >= 4 is 22.2 Å². The Morgan fingerprint density at radius 2 is 2.17 bits per heavy atom. The predicted molar refractivity (Wildman–Crippen MR) is 93.6 cm³/mol. The second kappa shape index (κ2) is 6.97. The minimum atomic E-state index is -0.0167. The molecule has 1 aliphatic carbocycles. The molecule has 0 saturated heterocycles. The Kier molecular flexibility index (Phi) is 4.78. The molecule has 1 amide bonds. The number of hydrogen-bond acceptors (Lipinski definition) is 3. The Morgan fingerprint density at radius 3 is 2.91 bits per heavy atom. The van der Waals surface area contributed by atoms with Gasteiger partial charge in [-0.25, -0.2) is 0 Å². The van der Waals surface area contributed by atoms with E-state index in [0.29, 0.717) is 17.9 Å². The number of carbonyl (C=O) groups is 1. The molecule has 2 aromatic rings. The van der Waals surface area contributed by atoms with Gasteiger partial charge in [0.05, 0.1) is 5.56 Å². The highest BCUT2D eigenvalue weighted by Crippen LogP contribution is 2.39. The van der Waals surface area contributed by atoms with Gasteiger partial charge in [-0.2, -0.15) is 5.26 Å². The summed E-state index contributed by atoms with van der Waals surface area (Å²) in [5.41, 5.74) is 3.00. The molecule has 0 unspecified atom stereocenters. The maximum absolute atomic E-state index is 12.2. The van der Waals surface area contributed by atoms with E-state index in [1.165, 1.54) is 4.88 Å². The molecule has 23 heavy (non-hydrogen) atoms. The van der Waals surface area contributed by atoms with Crippen molar-refractivity contribution in [2.75, 3.05) is 5.32 Å². The lowest BCUT2D eigenvalue weighted by Gasteiger charge is -2.17. The van der Waals surface area contributed by atoms with Crippen molar-refractivity contribution in [3.05, 3.63) is 51.9 Å². The standard InChI is InChI=1S/C19H20N2OS/c1-13-7-9-15-16(12-20)19(23-17(15)11-13)21-18(22)10-8-14-5-3-2-4-6-14/h2-6,13H,7-11H2,1H3,(H,21,22)/t13-/m0/s1. The third-order valence-corrected chi connectivity index (χ3v) is 5.53. The molecule has 1 heterocycles. The first-order valence-electron chi connectivity index (χ1n) is 8.05. The smallest absolute Gasteiger partial charge is 0.225 e. The van der Waals surface area contributed by atoms with Crippen molar-refractivity contribution in [1.82, 2.24) is 0 Å². The first-order valence-corrected chi connectivity index (χ1v) is 8.87. The first-order chi connectivity index (χ1) is 11.2. The number of anilines is 1. The van der Waals surface area contributed by atoms with Gasteiger partial charge in [0.15, 0.2) is 0 Å². The monoisotopic (exact) mass is 324 g/mol. The molecular weight excluding hydrogens is 304 g/mol. The van der Waals surface area contributed by atoms with E-state index in [4.69, 9.17) is 0 Å². The van der Waals surface area contributed by atoms with Crippen LogP contribution in [0.1, 0.15) is 41.3 Å². The van der Waals surface area contributed by atoms with Crippen LogP contribution in [0.4, 0.5) is 5.00 Å². The number of amides is 1. The third-order valence-electron chi connectivity index (χ3n) is 4.36. The van der Waals surface area contributed by atoms with Crippen LogP contribution in [0.3, 0.4) is 0 Å². The largest absolute Gasteiger partial charge is 0.317 e. The van der Waals surface area contributed by atoms with Crippen LogP contribution in [0.15, 0.2) is 30.3 Å². The third kappa shape index (κ3) is 3.62. The molecule has 3 rings (SSSR count). The fourth-order valence-electron chi connectivity index (χ4n) is 3.05. The lowest BCUT2D eigenvalue weighted by molar-refractivity contribution is -0.116. The van der Waals surface area contributed by atoms with Crippen molar-refractivity contribution in [2.45, 2.75) is 39.0 Å². The van der Waals surface area contributed by atoms with E-state index in [2.05, 4.69) is 18.3 Å². The highest BCUT2D eigenvalue weighted by atomic mass is 32.1. The topological polar surface area (TPSA) is 52.9 Å². The van der Waals surface area contributed by atoms with Gasteiger partial charge in [0.1, 0.15) is 11.1 Å². The van der Waals surface area contributed by atoms with E-state index in [9.17, 15) is 10.1 Å². The summed E-state index contributed by atoms with van der Waals surface area (Å²) in [6.07, 6.45) is 4.26. The van der Waals surface area contributed by atoms with E-state index in [-0.39, 0.29) is 5.91 Å². The fourth-order valence-corrected chi connectivity index (χ4v) is 4.43. The van der Waals surface area contributed by atoms with Crippen LogP contribution < -0.4 is 5.32 Å². The molecular formula is C19H20N2OS. The molecule has 4 heteroatoms. The van der Waals surface area contributed by atoms with Crippen molar-refractivity contribution < 1.29 is 4.79 Å². The van der Waals surface area contributed by atoms with Crippen LogP contribution in [0, 0.1) is 17.2 Å². The normalized spacial score (nSPS) is 16.4. The number of rotatable bonds is 4. The number of carbonyl (C=O) groups excluding carboxylic acids is 1. The number of nitrogens with one attached hydrogen (secondary N) is 1. The van der Waals surface area contributed by atoms with Gasteiger partial charge in [0, 0.05) is 11.3 Å². The molecule has 3 nitrogen and oxygen atoms in total. The summed E-state index contributed by atoms with van der Waals surface area (Å²) in [4.78, 5) is 13.5. The maximum atomic E-state index is 12.2. The van der Waals surface area contributed by atoms with Gasteiger partial charge in [0.25, 0.3) is 0 Å². The minimum Gasteiger partial charge on any atom is -0.317 e. The highest BCUT2D eigenvalue weighted by Gasteiger charge is 2.24. The molecule has 0 radical (unpaired) electrons. The van der Waals surface area contributed by atoms with Gasteiger partial charge in [0.2, 0.25) is 5.91 Å². The lowest BCUT2D eigenvalue weighted by Crippen LogP contribution is -2.12. The quantitative estimate of drug-likeness (QED) is 0.911. The zero-order chi connectivity index (χ0) is 16.2. The number of fused-ring (bicyclic) bond motifs is 1. The maximum Gasteiger partial charge on any atom is 0.225 e. The predicted octanol–water partition coefficient (Wildman–Crippen LogP) is 4.32. The van der Waals surface area contributed by atoms with Crippen LogP contribution in [0.2, 0.25) is 0 Å². The number of nitriles is 1. The van der Waals surface area contributed by atoms with Crippen molar-refractivity contribution in [3.8, 4) is 6.07 Å². The van der Waals surface area contributed by atoms with Crippen LogP contribution in [0.25, 0.3) is 0 Å². The van der Waals surface area contributed by atoms with Gasteiger partial charge in [-0.05, 0) is 42.7 Å². The average Bonchev–Trinajstić information content (AvgIpc) is 2.89. The molecule has 0 bridgehead atoms. The summed E-state index contributed by atoms with van der Waals surface area (Å²) in [5, 5.41) is 13.2. The Labute approximate surface area is 141 Å². The second-order valence-electron chi connectivity index (χ2n) is 6.20. The van der Waals surface area contributed by atoms with Crippen LogP contribution in [0.5, 0.6) is 0 Å². The van der Waals surface area contributed by atoms with Crippen molar-refractivity contribution in [3.63, 3.8) is 0 Å². The number of benzene rings is 1. The van der Waals surface area contributed by atoms with Crippen LogP contribution >= 0.6 is 11.3 Å². The summed E-state index contributed by atoms with van der Waals surface area (Å²) >= 11 is 1.59. The van der Waals surface area contributed by atoms with Gasteiger partial charge in [-0.3, -0.25) is 4.79 Å². The Hall–Kier alpha value is -2.12. The van der Waals surface area contributed by atoms with Crippen LogP contribution in [-0.2, 0) is 24.1 Å². The molecule has 0 saturated carbocycles. The molecule has 1 atom stereocenters. The van der Waals surface area contributed by atoms with E-state index in [1.807, 2.05) is 30.3 Å². The SMILES string of the molecule is C[C@H]1CCc2c(sc(NC(=O)CCc3ccccc3)c2C#N)C1. The fraction of sp³-hybridized carbons (Fsp3) is 0.368. The van der Waals surface area contributed by atoms with Gasteiger partial charge < -0.3 is 5.32 Å². The van der Waals surface area contributed by atoms with E-state index in [1.54, 1.807) is 11.3 Å². The summed E-state index contributed by atoms with van der Waals surface area (Å²) < 4.78 is 0. The number of hydrogen-bond donors (Lipinski definition) is 1. The summed E-state index contributed by atoms with van der Waals surface area (Å²) in [7, 11) is 0. The molecule has 1 aliphatic rings. The lowest BCUT2D eigenvalue weighted by atomic mass is 9.88. The van der Waals surface area contributed by atoms with Crippen molar-refractivity contribution in [2.24, 2.45) is 5.92 Å². The minimum absolute atomic E-state index is 0.0167. The average molecular weight is 324 g/mol. The molecule has 0 fully saturated rings. The van der Waals surface area contributed by atoms with Crippen LogP contribution in [-0.4, -0.2) is 5.91 Å². The molecule has 1 aromatic carbocycles. The molecule has 118 valence electrons. The van der Waals surface area contributed by atoms with E-state index >= 15 is 0 Å². The van der Waals surface area contributed by atoms with Crippen molar-refractivity contribution in [1.29, 1.82) is 5.26 Å². The van der Waals surface area contributed by atoms with Gasteiger partial charge in [-0.1, -0.05) is 37.3 Å². The molecule has 1 N–H and O–H groups in total. The number of aryl methyl sites for hydroxylation is 1. The zero-order valence-electron chi connectivity index (χ0n) is 13.3. The number of nitrogens with zero attached hydrogens (tertiary/aromatic N) is 1. The number of thiophene rings is 1. The molecule has 1 aromatic heterocycles. The Morgan fingerprint density at radius 1 is 1.39 bits per heavy atom. The van der Waals surface area contributed by atoms with Gasteiger partial charge >= 0.3 is 0 Å². The molecule has 0 spiro atoms. The first kappa shape index (κ1) is 15.8. The Balaban J connectivity index is 1.68.